The number of aryl methyl sites for hydroxylation is 1. The highest BCUT2D eigenvalue weighted by atomic mass is 32.2. The van der Waals surface area contributed by atoms with Crippen LogP contribution in [0.4, 0.5) is 5.82 Å². The Bertz CT molecular complexity index is 1410. The van der Waals surface area contributed by atoms with Crippen LogP contribution in [-0.2, 0) is 11.3 Å². The Morgan fingerprint density at radius 2 is 1.81 bits per heavy atom. The molecule has 0 radical (unpaired) electrons. The summed E-state index contributed by atoms with van der Waals surface area (Å²) in [4.78, 5) is 38.6. The van der Waals surface area contributed by atoms with Crippen LogP contribution in [-0.4, -0.2) is 62.1 Å². The minimum absolute atomic E-state index is 0.129. The van der Waals surface area contributed by atoms with Gasteiger partial charge in [-0.25, -0.2) is 4.98 Å². The zero-order valence-electron chi connectivity index (χ0n) is 21.2. The van der Waals surface area contributed by atoms with Crippen LogP contribution in [0.15, 0.2) is 58.4 Å². The number of thioether (sulfide) groups is 1. The Kier molecular flexibility index (Phi) is 7.73. The molecule has 0 N–H and O–H groups in total. The van der Waals surface area contributed by atoms with Gasteiger partial charge in [0.1, 0.15) is 15.8 Å². The zero-order valence-corrected chi connectivity index (χ0v) is 22.9. The third kappa shape index (κ3) is 5.35. The summed E-state index contributed by atoms with van der Waals surface area (Å²) in [5, 5.41) is 0. The van der Waals surface area contributed by atoms with E-state index in [-0.39, 0.29) is 11.5 Å². The quantitative estimate of drug-likeness (QED) is 0.331. The van der Waals surface area contributed by atoms with Crippen LogP contribution >= 0.6 is 24.0 Å². The van der Waals surface area contributed by atoms with Crippen molar-refractivity contribution in [1.82, 2.24) is 19.2 Å². The van der Waals surface area contributed by atoms with E-state index in [0.29, 0.717) is 32.8 Å². The number of amides is 1. The molecule has 1 aromatic carbocycles. The lowest BCUT2D eigenvalue weighted by Crippen LogP contribution is -2.47. The topological polar surface area (TPSA) is 61.2 Å². The van der Waals surface area contributed by atoms with Gasteiger partial charge in [0.15, 0.2) is 0 Å². The highest BCUT2D eigenvalue weighted by molar-refractivity contribution is 8.26. The van der Waals surface area contributed by atoms with E-state index in [0.717, 1.165) is 51.1 Å². The number of thiocarbonyl (C=S) groups is 1. The number of hydrogen-bond donors (Lipinski definition) is 0. The first kappa shape index (κ1) is 25.6. The van der Waals surface area contributed by atoms with Crippen molar-refractivity contribution in [3.63, 3.8) is 0 Å². The van der Waals surface area contributed by atoms with Crippen molar-refractivity contribution >= 4 is 51.7 Å². The third-order valence-electron chi connectivity index (χ3n) is 6.87. The molecule has 2 saturated heterocycles. The molecule has 0 unspecified atom stereocenters. The van der Waals surface area contributed by atoms with Gasteiger partial charge < -0.3 is 4.90 Å². The Morgan fingerprint density at radius 1 is 1.05 bits per heavy atom. The first-order valence-corrected chi connectivity index (χ1v) is 14.0. The van der Waals surface area contributed by atoms with Gasteiger partial charge in [-0.2, -0.15) is 0 Å². The molecule has 7 nitrogen and oxygen atoms in total. The number of pyridine rings is 1. The number of carbonyl (C=O) groups is 1. The fourth-order valence-corrected chi connectivity index (χ4v) is 6.06. The second-order valence-electron chi connectivity index (χ2n) is 9.47. The molecule has 2 aliphatic rings. The Hall–Kier alpha value is -3.01. The van der Waals surface area contributed by atoms with E-state index in [9.17, 15) is 9.59 Å². The monoisotopic (exact) mass is 533 g/mol. The maximum atomic E-state index is 13.8. The number of rotatable bonds is 7. The number of hydrogen-bond acceptors (Lipinski definition) is 7. The van der Waals surface area contributed by atoms with Gasteiger partial charge in [-0.15, -0.1) is 0 Å². The van der Waals surface area contributed by atoms with E-state index in [1.165, 1.54) is 17.3 Å². The minimum Gasteiger partial charge on any atom is -0.353 e. The molecule has 0 aliphatic carbocycles. The van der Waals surface area contributed by atoms with Crippen molar-refractivity contribution < 1.29 is 4.79 Å². The van der Waals surface area contributed by atoms with E-state index in [1.54, 1.807) is 21.6 Å². The molecule has 0 saturated carbocycles. The molecule has 37 heavy (non-hydrogen) atoms. The smallest absolute Gasteiger partial charge is 0.267 e. The summed E-state index contributed by atoms with van der Waals surface area (Å²) in [5.41, 5.74) is 3.13. The molecule has 2 aromatic heterocycles. The summed E-state index contributed by atoms with van der Waals surface area (Å²) in [6, 6.07) is 14.3. The molecule has 1 amide bonds. The molecule has 0 bridgehead atoms. The molecule has 9 heteroatoms. The lowest BCUT2D eigenvalue weighted by molar-refractivity contribution is -0.122. The SMILES string of the molecule is CCCCN1C(=O)/C(=C/c2c(N3CCN(Cc4ccccc4)CC3)nc3c(C)cccn3c2=O)SC1=S. The van der Waals surface area contributed by atoms with E-state index in [4.69, 9.17) is 17.2 Å². The fourth-order valence-electron chi connectivity index (χ4n) is 4.77. The van der Waals surface area contributed by atoms with E-state index in [2.05, 4.69) is 41.0 Å². The molecule has 192 valence electrons. The number of nitrogens with zero attached hydrogens (tertiary/aromatic N) is 5. The highest BCUT2D eigenvalue weighted by Gasteiger charge is 2.33. The molecule has 0 spiro atoms. The standard InChI is InChI=1S/C28H31N5O2S2/c1-3-4-12-33-27(35)23(37-28(33)36)18-22-25(29-24-20(2)9-8-13-32(24)26(22)34)31-16-14-30(15-17-31)19-21-10-6-5-7-11-21/h5-11,13,18H,3-4,12,14-17,19H2,1-2H3/b23-18-. The molecule has 3 aromatic rings. The average molecular weight is 534 g/mol. The second kappa shape index (κ2) is 11.2. The summed E-state index contributed by atoms with van der Waals surface area (Å²) in [6.07, 6.45) is 5.31. The molecule has 2 aliphatic heterocycles. The second-order valence-corrected chi connectivity index (χ2v) is 11.2. The largest absolute Gasteiger partial charge is 0.353 e. The Labute approximate surface area is 226 Å². The van der Waals surface area contributed by atoms with Crippen LogP contribution in [0.25, 0.3) is 11.7 Å². The van der Waals surface area contributed by atoms with Crippen molar-refractivity contribution in [2.24, 2.45) is 0 Å². The summed E-state index contributed by atoms with van der Waals surface area (Å²) in [6.45, 7) is 8.77. The lowest BCUT2D eigenvalue weighted by atomic mass is 10.1. The van der Waals surface area contributed by atoms with Crippen molar-refractivity contribution in [2.75, 3.05) is 37.6 Å². The molecule has 0 atom stereocenters. The maximum absolute atomic E-state index is 13.8. The number of anilines is 1. The van der Waals surface area contributed by atoms with E-state index >= 15 is 0 Å². The number of fused-ring (bicyclic) bond motifs is 1. The van der Waals surface area contributed by atoms with Crippen molar-refractivity contribution in [1.29, 1.82) is 0 Å². The van der Waals surface area contributed by atoms with Crippen LogP contribution in [0.1, 0.15) is 36.5 Å². The predicted octanol–water partition coefficient (Wildman–Crippen LogP) is 4.33. The molecular formula is C28H31N5O2S2. The number of aromatic nitrogens is 2. The number of carbonyl (C=O) groups excluding carboxylic acids is 1. The Morgan fingerprint density at radius 3 is 2.54 bits per heavy atom. The number of piperazine rings is 1. The first-order valence-electron chi connectivity index (χ1n) is 12.7. The minimum atomic E-state index is -0.172. The van der Waals surface area contributed by atoms with Gasteiger partial charge >= 0.3 is 0 Å². The van der Waals surface area contributed by atoms with Gasteiger partial charge in [0.05, 0.1) is 10.5 Å². The summed E-state index contributed by atoms with van der Waals surface area (Å²) in [5.74, 6) is 0.508. The van der Waals surface area contributed by atoms with Gasteiger partial charge in [-0.3, -0.25) is 23.8 Å². The normalized spacial score (nSPS) is 17.9. The van der Waals surface area contributed by atoms with Crippen LogP contribution in [0.3, 0.4) is 0 Å². The lowest BCUT2D eigenvalue weighted by Gasteiger charge is -2.36. The van der Waals surface area contributed by atoms with Crippen LogP contribution in [0, 0.1) is 6.92 Å². The van der Waals surface area contributed by atoms with Crippen molar-refractivity contribution in [3.05, 3.63) is 80.6 Å². The van der Waals surface area contributed by atoms with Crippen LogP contribution in [0.2, 0.25) is 0 Å². The van der Waals surface area contributed by atoms with Gasteiger partial charge in [-0.05, 0) is 36.6 Å². The van der Waals surface area contributed by atoms with Crippen molar-refractivity contribution in [2.45, 2.75) is 33.2 Å². The third-order valence-corrected chi connectivity index (χ3v) is 8.25. The molecular weight excluding hydrogens is 502 g/mol. The van der Waals surface area contributed by atoms with E-state index < -0.39 is 0 Å². The molecule has 5 rings (SSSR count). The number of unbranched alkanes of at least 4 members (excludes halogenated alkanes) is 1. The van der Waals surface area contributed by atoms with Crippen LogP contribution in [0.5, 0.6) is 0 Å². The van der Waals surface area contributed by atoms with E-state index in [1.807, 2.05) is 25.1 Å². The van der Waals surface area contributed by atoms with Gasteiger partial charge in [0.25, 0.3) is 11.5 Å². The summed E-state index contributed by atoms with van der Waals surface area (Å²) >= 11 is 6.76. The summed E-state index contributed by atoms with van der Waals surface area (Å²) < 4.78 is 2.12. The van der Waals surface area contributed by atoms with Gasteiger partial charge in [0, 0.05) is 45.5 Å². The number of benzene rings is 1. The zero-order chi connectivity index (χ0) is 25.9. The summed E-state index contributed by atoms with van der Waals surface area (Å²) in [7, 11) is 0. The maximum Gasteiger partial charge on any atom is 0.267 e. The van der Waals surface area contributed by atoms with Gasteiger partial charge in [-0.1, -0.05) is 73.7 Å². The van der Waals surface area contributed by atoms with Gasteiger partial charge in [0.2, 0.25) is 0 Å². The highest BCUT2D eigenvalue weighted by Crippen LogP contribution is 2.34. The molecule has 2 fully saturated rings. The predicted molar refractivity (Wildman–Crippen MR) is 155 cm³/mol. The Balaban J connectivity index is 1.48. The average Bonchev–Trinajstić information content (AvgIpc) is 3.17. The first-order chi connectivity index (χ1) is 18.0. The van der Waals surface area contributed by atoms with Crippen molar-refractivity contribution in [3.8, 4) is 0 Å². The molecule has 4 heterocycles. The fraction of sp³-hybridized carbons (Fsp3) is 0.357. The van der Waals surface area contributed by atoms with Crippen LogP contribution < -0.4 is 10.5 Å².